The number of rotatable bonds is 7. The first-order valence-electron chi connectivity index (χ1n) is 8.76. The van der Waals surface area contributed by atoms with Gasteiger partial charge in [-0.15, -0.1) is 0 Å². The first kappa shape index (κ1) is 19.6. The maximum absolute atomic E-state index is 13.7. The third kappa shape index (κ3) is 5.41. The molecule has 2 amide bonds. The van der Waals surface area contributed by atoms with Crippen molar-refractivity contribution in [2.75, 3.05) is 0 Å². The van der Waals surface area contributed by atoms with E-state index in [4.69, 9.17) is 0 Å². The molecule has 0 saturated heterocycles. The van der Waals surface area contributed by atoms with Crippen LogP contribution in [0.1, 0.15) is 41.8 Å². The Kier molecular flexibility index (Phi) is 6.89. The highest BCUT2D eigenvalue weighted by Gasteiger charge is 2.23. The standard InChI is InChI=1S/C21H25FN2O2/c1-14(2)12-19(24-20(25)17-10-6-4-8-15(17)3)21(26)23-13-16-9-5-7-11-18(16)22/h4-11,14,19H,12-13H2,1-3H3,(H,23,26)(H,24,25)/t19-/m0/s1. The predicted molar refractivity (Wildman–Crippen MR) is 100 cm³/mol. The average molecular weight is 356 g/mol. The van der Waals surface area contributed by atoms with Gasteiger partial charge < -0.3 is 10.6 Å². The van der Waals surface area contributed by atoms with Crippen LogP contribution in [-0.2, 0) is 11.3 Å². The number of aryl methyl sites for hydroxylation is 1. The topological polar surface area (TPSA) is 58.2 Å². The molecule has 0 bridgehead atoms. The fourth-order valence-corrected chi connectivity index (χ4v) is 2.71. The van der Waals surface area contributed by atoms with Crippen LogP contribution in [0.2, 0.25) is 0 Å². The van der Waals surface area contributed by atoms with Crippen molar-refractivity contribution in [2.45, 2.75) is 39.8 Å². The fourth-order valence-electron chi connectivity index (χ4n) is 2.71. The van der Waals surface area contributed by atoms with Crippen molar-refractivity contribution in [3.8, 4) is 0 Å². The van der Waals surface area contributed by atoms with Crippen LogP contribution >= 0.6 is 0 Å². The van der Waals surface area contributed by atoms with Gasteiger partial charge in [-0.05, 0) is 37.0 Å². The molecule has 1 atom stereocenters. The Morgan fingerprint density at radius 2 is 1.69 bits per heavy atom. The molecule has 0 aliphatic heterocycles. The van der Waals surface area contributed by atoms with E-state index in [9.17, 15) is 14.0 Å². The SMILES string of the molecule is Cc1ccccc1C(=O)N[C@@H](CC(C)C)C(=O)NCc1ccccc1F. The van der Waals surface area contributed by atoms with Crippen molar-refractivity contribution in [1.82, 2.24) is 10.6 Å². The lowest BCUT2D eigenvalue weighted by Gasteiger charge is -2.21. The Labute approximate surface area is 153 Å². The summed E-state index contributed by atoms with van der Waals surface area (Å²) in [7, 11) is 0. The van der Waals surface area contributed by atoms with Gasteiger partial charge >= 0.3 is 0 Å². The number of carbonyl (C=O) groups excluding carboxylic acids is 2. The molecule has 2 rings (SSSR count). The van der Waals surface area contributed by atoms with Crippen LogP contribution < -0.4 is 10.6 Å². The van der Waals surface area contributed by atoms with E-state index in [1.807, 2.05) is 32.9 Å². The van der Waals surface area contributed by atoms with E-state index >= 15 is 0 Å². The van der Waals surface area contributed by atoms with Crippen molar-refractivity contribution < 1.29 is 14.0 Å². The second-order valence-electron chi connectivity index (χ2n) is 6.78. The van der Waals surface area contributed by atoms with E-state index in [-0.39, 0.29) is 30.1 Å². The Balaban J connectivity index is 2.06. The number of carbonyl (C=O) groups is 2. The molecule has 0 aliphatic carbocycles. The van der Waals surface area contributed by atoms with Crippen molar-refractivity contribution in [3.63, 3.8) is 0 Å². The Hall–Kier alpha value is -2.69. The molecule has 138 valence electrons. The molecular weight excluding hydrogens is 331 g/mol. The quantitative estimate of drug-likeness (QED) is 0.796. The number of hydrogen-bond donors (Lipinski definition) is 2. The monoisotopic (exact) mass is 356 g/mol. The minimum Gasteiger partial charge on any atom is -0.350 e. The molecule has 0 spiro atoms. The normalized spacial score (nSPS) is 11.9. The molecule has 0 radical (unpaired) electrons. The molecule has 2 aromatic carbocycles. The molecule has 0 aromatic heterocycles. The predicted octanol–water partition coefficient (Wildman–Crippen LogP) is 3.60. The molecule has 2 N–H and O–H groups in total. The first-order valence-corrected chi connectivity index (χ1v) is 8.76. The maximum Gasteiger partial charge on any atom is 0.252 e. The average Bonchev–Trinajstić information content (AvgIpc) is 2.60. The third-order valence-electron chi connectivity index (χ3n) is 4.13. The highest BCUT2D eigenvalue weighted by atomic mass is 19.1. The van der Waals surface area contributed by atoms with Gasteiger partial charge in [-0.25, -0.2) is 4.39 Å². The van der Waals surface area contributed by atoms with E-state index in [1.165, 1.54) is 6.07 Å². The second kappa shape index (κ2) is 9.13. The zero-order valence-corrected chi connectivity index (χ0v) is 15.4. The van der Waals surface area contributed by atoms with Crippen LogP contribution in [-0.4, -0.2) is 17.9 Å². The van der Waals surface area contributed by atoms with Crippen LogP contribution in [0, 0.1) is 18.7 Å². The van der Waals surface area contributed by atoms with E-state index in [0.29, 0.717) is 17.5 Å². The van der Waals surface area contributed by atoms with Crippen LogP contribution in [0.15, 0.2) is 48.5 Å². The Morgan fingerprint density at radius 1 is 1.04 bits per heavy atom. The number of nitrogens with one attached hydrogen (secondary N) is 2. The van der Waals surface area contributed by atoms with E-state index in [0.717, 1.165) is 5.56 Å². The van der Waals surface area contributed by atoms with Crippen LogP contribution in [0.3, 0.4) is 0 Å². The maximum atomic E-state index is 13.7. The van der Waals surface area contributed by atoms with Gasteiger partial charge in [-0.1, -0.05) is 50.2 Å². The minimum absolute atomic E-state index is 0.0837. The van der Waals surface area contributed by atoms with Gasteiger partial charge in [0.2, 0.25) is 5.91 Å². The highest BCUT2D eigenvalue weighted by Crippen LogP contribution is 2.11. The summed E-state index contributed by atoms with van der Waals surface area (Å²) in [6.45, 7) is 5.90. The van der Waals surface area contributed by atoms with Crippen molar-refractivity contribution in [2.24, 2.45) is 5.92 Å². The molecule has 2 aromatic rings. The van der Waals surface area contributed by atoms with E-state index < -0.39 is 6.04 Å². The number of halogens is 1. The number of hydrogen-bond acceptors (Lipinski definition) is 2. The lowest BCUT2D eigenvalue weighted by Crippen LogP contribution is -2.47. The lowest BCUT2D eigenvalue weighted by atomic mass is 10.0. The molecule has 5 heteroatoms. The van der Waals surface area contributed by atoms with Crippen molar-refractivity contribution >= 4 is 11.8 Å². The summed E-state index contributed by atoms with van der Waals surface area (Å²) in [4.78, 5) is 25.1. The summed E-state index contributed by atoms with van der Waals surface area (Å²) >= 11 is 0. The molecule has 0 heterocycles. The summed E-state index contributed by atoms with van der Waals surface area (Å²) in [5.74, 6) is -0.743. The minimum atomic E-state index is -0.672. The largest absolute Gasteiger partial charge is 0.350 e. The Bertz CT molecular complexity index is 774. The summed E-state index contributed by atoms with van der Waals surface area (Å²) in [5.41, 5.74) is 1.80. The molecule has 0 saturated carbocycles. The molecule has 0 aliphatic rings. The summed E-state index contributed by atoms with van der Waals surface area (Å²) < 4.78 is 13.7. The zero-order chi connectivity index (χ0) is 19.1. The zero-order valence-electron chi connectivity index (χ0n) is 15.4. The molecular formula is C21H25FN2O2. The van der Waals surface area contributed by atoms with Crippen LogP contribution in [0.5, 0.6) is 0 Å². The molecule has 0 unspecified atom stereocenters. The van der Waals surface area contributed by atoms with E-state index in [2.05, 4.69) is 10.6 Å². The van der Waals surface area contributed by atoms with Crippen molar-refractivity contribution in [3.05, 3.63) is 71.0 Å². The van der Waals surface area contributed by atoms with Gasteiger partial charge in [-0.3, -0.25) is 9.59 Å². The van der Waals surface area contributed by atoms with E-state index in [1.54, 1.807) is 30.3 Å². The molecule has 0 fully saturated rings. The summed E-state index contributed by atoms with van der Waals surface area (Å²) in [6, 6.07) is 12.9. The van der Waals surface area contributed by atoms with Gasteiger partial charge in [0.15, 0.2) is 0 Å². The van der Waals surface area contributed by atoms with Gasteiger partial charge in [0.25, 0.3) is 5.91 Å². The van der Waals surface area contributed by atoms with Gasteiger partial charge in [-0.2, -0.15) is 0 Å². The number of benzene rings is 2. The summed E-state index contributed by atoms with van der Waals surface area (Å²) in [5, 5.41) is 5.53. The van der Waals surface area contributed by atoms with Gasteiger partial charge in [0.1, 0.15) is 11.9 Å². The summed E-state index contributed by atoms with van der Waals surface area (Å²) in [6.07, 6.45) is 0.501. The van der Waals surface area contributed by atoms with Crippen LogP contribution in [0.25, 0.3) is 0 Å². The van der Waals surface area contributed by atoms with Crippen molar-refractivity contribution in [1.29, 1.82) is 0 Å². The first-order chi connectivity index (χ1) is 12.4. The fraction of sp³-hybridized carbons (Fsp3) is 0.333. The Morgan fingerprint density at radius 3 is 2.35 bits per heavy atom. The smallest absolute Gasteiger partial charge is 0.252 e. The third-order valence-corrected chi connectivity index (χ3v) is 4.13. The number of amides is 2. The second-order valence-corrected chi connectivity index (χ2v) is 6.78. The highest BCUT2D eigenvalue weighted by molar-refractivity contribution is 5.98. The van der Waals surface area contributed by atoms with Gasteiger partial charge in [0.05, 0.1) is 0 Å². The lowest BCUT2D eigenvalue weighted by molar-refractivity contribution is -0.123. The molecule has 26 heavy (non-hydrogen) atoms. The van der Waals surface area contributed by atoms with Gasteiger partial charge in [0, 0.05) is 17.7 Å². The molecule has 4 nitrogen and oxygen atoms in total. The van der Waals surface area contributed by atoms with Crippen LogP contribution in [0.4, 0.5) is 4.39 Å².